The maximum atomic E-state index is 11.8. The molecule has 3 N–H and O–H groups in total. The van der Waals surface area contributed by atoms with Gasteiger partial charge in [-0.1, -0.05) is 36.4 Å². The molecule has 2 heterocycles. The van der Waals surface area contributed by atoms with Gasteiger partial charge in [0, 0.05) is 18.9 Å². The minimum atomic E-state index is -0.926. The smallest absolute Gasteiger partial charge is 0.312 e. The van der Waals surface area contributed by atoms with Crippen molar-refractivity contribution in [1.29, 1.82) is 0 Å². The lowest BCUT2D eigenvalue weighted by Crippen LogP contribution is -2.15. The fraction of sp³-hybridized carbons (Fsp3) is 0.125. The third-order valence-corrected chi connectivity index (χ3v) is 4.86. The van der Waals surface area contributed by atoms with Crippen molar-refractivity contribution in [3.05, 3.63) is 102 Å². The molecule has 0 aliphatic heterocycles. The second-order valence-electron chi connectivity index (χ2n) is 7.22. The summed E-state index contributed by atoms with van der Waals surface area (Å²) in [5, 5.41) is 9.68. The normalized spacial score (nSPS) is 11.7. The number of ether oxygens (including phenoxy) is 1. The molecule has 2 aromatic carbocycles. The molecule has 0 bridgehead atoms. The molecule has 1 unspecified atom stereocenters. The van der Waals surface area contributed by atoms with Crippen LogP contribution in [0.1, 0.15) is 22.7 Å². The van der Waals surface area contributed by atoms with Gasteiger partial charge < -0.3 is 20.1 Å². The summed E-state index contributed by atoms with van der Waals surface area (Å²) in [5.41, 5.74) is 7.96. The van der Waals surface area contributed by atoms with Gasteiger partial charge >= 0.3 is 5.97 Å². The van der Waals surface area contributed by atoms with Crippen LogP contribution in [-0.2, 0) is 17.8 Å². The topological polar surface area (TPSA) is 103 Å². The van der Waals surface area contributed by atoms with Gasteiger partial charge in [0.05, 0.1) is 12.0 Å². The molecular formula is C24H22N4O3. The molecule has 0 aliphatic rings. The van der Waals surface area contributed by atoms with E-state index < -0.39 is 11.9 Å². The number of pyridine rings is 1. The average molecular weight is 414 g/mol. The molecule has 0 saturated carbocycles. The summed E-state index contributed by atoms with van der Waals surface area (Å²) in [6, 6.07) is 20.8. The highest BCUT2D eigenvalue weighted by Gasteiger charge is 2.23. The molecule has 156 valence electrons. The number of carboxylic acid groups (broad SMARTS) is 1. The van der Waals surface area contributed by atoms with E-state index in [4.69, 9.17) is 10.5 Å². The van der Waals surface area contributed by atoms with Gasteiger partial charge in [-0.15, -0.1) is 0 Å². The zero-order valence-corrected chi connectivity index (χ0v) is 16.8. The van der Waals surface area contributed by atoms with Gasteiger partial charge in [0.25, 0.3) is 0 Å². The standard InChI is InChI=1S/C24H22N4O3/c25-23-11-8-18(13-26-23)12-21(24(29)30)22-15-28(16-27-22)14-17-6-9-20(10-7-17)31-19-4-2-1-3-5-19/h1-11,13,15-16,21H,12,14H2,(H2,25,26)(H,29,30). The lowest BCUT2D eigenvalue weighted by molar-refractivity contribution is -0.138. The van der Waals surface area contributed by atoms with E-state index in [0.29, 0.717) is 24.5 Å². The molecule has 31 heavy (non-hydrogen) atoms. The number of rotatable bonds is 8. The van der Waals surface area contributed by atoms with Crippen molar-refractivity contribution in [2.24, 2.45) is 0 Å². The van der Waals surface area contributed by atoms with Gasteiger partial charge in [-0.05, 0) is 47.9 Å². The van der Waals surface area contributed by atoms with Crippen LogP contribution >= 0.6 is 0 Å². The highest BCUT2D eigenvalue weighted by atomic mass is 16.5. The molecule has 0 spiro atoms. The molecule has 1 atom stereocenters. The maximum Gasteiger partial charge on any atom is 0.312 e. The summed E-state index contributed by atoms with van der Waals surface area (Å²) in [4.78, 5) is 20.2. The molecule has 0 saturated heterocycles. The van der Waals surface area contributed by atoms with Crippen LogP contribution in [0.5, 0.6) is 11.5 Å². The minimum Gasteiger partial charge on any atom is -0.481 e. The Labute approximate surface area is 179 Å². The number of nitrogens with two attached hydrogens (primary N) is 1. The van der Waals surface area contributed by atoms with Crippen LogP contribution in [-0.4, -0.2) is 25.6 Å². The number of hydrogen-bond donors (Lipinski definition) is 2. The molecular weight excluding hydrogens is 392 g/mol. The van der Waals surface area contributed by atoms with Crippen LogP contribution in [0.4, 0.5) is 5.82 Å². The van der Waals surface area contributed by atoms with E-state index in [9.17, 15) is 9.90 Å². The van der Waals surface area contributed by atoms with E-state index in [2.05, 4.69) is 9.97 Å². The SMILES string of the molecule is Nc1ccc(CC(C(=O)O)c2cn(Cc3ccc(Oc4ccccc4)cc3)cn2)cn1. The molecule has 7 heteroatoms. The van der Waals surface area contributed by atoms with E-state index in [-0.39, 0.29) is 0 Å². The Morgan fingerprint density at radius 1 is 0.968 bits per heavy atom. The number of nitrogens with zero attached hydrogens (tertiary/aromatic N) is 3. The molecule has 7 nitrogen and oxygen atoms in total. The largest absolute Gasteiger partial charge is 0.481 e. The molecule has 4 rings (SSSR count). The van der Waals surface area contributed by atoms with Crippen LogP contribution < -0.4 is 10.5 Å². The van der Waals surface area contributed by atoms with Crippen molar-refractivity contribution in [2.45, 2.75) is 18.9 Å². The zero-order chi connectivity index (χ0) is 21.6. The predicted molar refractivity (Wildman–Crippen MR) is 117 cm³/mol. The first kappa shape index (κ1) is 20.2. The fourth-order valence-electron chi connectivity index (χ4n) is 3.25. The summed E-state index contributed by atoms with van der Waals surface area (Å²) in [6.45, 7) is 0.578. The van der Waals surface area contributed by atoms with Gasteiger partial charge in [-0.25, -0.2) is 9.97 Å². The van der Waals surface area contributed by atoms with Crippen molar-refractivity contribution in [1.82, 2.24) is 14.5 Å². The Balaban J connectivity index is 1.42. The summed E-state index contributed by atoms with van der Waals surface area (Å²) in [6.07, 6.45) is 5.32. The van der Waals surface area contributed by atoms with Gasteiger partial charge in [-0.3, -0.25) is 4.79 Å². The predicted octanol–water partition coefficient (Wildman–Crippen LogP) is 4.11. The number of benzene rings is 2. The quantitative estimate of drug-likeness (QED) is 0.450. The first-order valence-electron chi connectivity index (χ1n) is 9.83. The van der Waals surface area contributed by atoms with Gasteiger partial charge in [-0.2, -0.15) is 0 Å². The van der Waals surface area contributed by atoms with Crippen LogP contribution in [0.15, 0.2) is 85.5 Å². The maximum absolute atomic E-state index is 11.8. The number of imidazole rings is 1. The van der Waals surface area contributed by atoms with E-state index in [1.165, 1.54) is 0 Å². The Hall–Kier alpha value is -4.13. The van der Waals surface area contributed by atoms with Gasteiger partial charge in [0.15, 0.2) is 0 Å². The first-order chi connectivity index (χ1) is 15.1. The Kier molecular flexibility index (Phi) is 5.93. The van der Waals surface area contributed by atoms with Crippen molar-refractivity contribution in [3.8, 4) is 11.5 Å². The number of carbonyl (C=O) groups is 1. The monoisotopic (exact) mass is 414 g/mol. The minimum absolute atomic E-state index is 0.297. The number of anilines is 1. The van der Waals surface area contributed by atoms with Crippen LogP contribution in [0, 0.1) is 0 Å². The fourth-order valence-corrected chi connectivity index (χ4v) is 3.25. The van der Waals surface area contributed by atoms with E-state index in [1.807, 2.05) is 59.2 Å². The number of para-hydroxylation sites is 1. The summed E-state index contributed by atoms with van der Waals surface area (Å²) >= 11 is 0. The second kappa shape index (κ2) is 9.13. The third kappa shape index (κ3) is 5.27. The lowest BCUT2D eigenvalue weighted by Gasteiger charge is -2.10. The molecule has 2 aromatic heterocycles. The number of hydrogen-bond acceptors (Lipinski definition) is 5. The lowest BCUT2D eigenvalue weighted by atomic mass is 9.98. The summed E-state index contributed by atoms with van der Waals surface area (Å²) in [7, 11) is 0. The highest BCUT2D eigenvalue weighted by molar-refractivity contribution is 5.75. The van der Waals surface area contributed by atoms with Gasteiger partial charge in [0.2, 0.25) is 0 Å². The second-order valence-corrected chi connectivity index (χ2v) is 7.22. The number of aromatic nitrogens is 3. The summed E-state index contributed by atoms with van der Waals surface area (Å²) < 4.78 is 7.69. The molecule has 0 aliphatic carbocycles. The van der Waals surface area contributed by atoms with Crippen molar-refractivity contribution in [2.75, 3.05) is 5.73 Å². The summed E-state index contributed by atoms with van der Waals surface area (Å²) in [5.74, 6) is 0.257. The number of aliphatic carboxylic acids is 1. The Morgan fingerprint density at radius 3 is 2.35 bits per heavy atom. The molecule has 0 fully saturated rings. The van der Waals surface area contributed by atoms with E-state index in [0.717, 1.165) is 22.6 Å². The zero-order valence-electron chi connectivity index (χ0n) is 16.8. The third-order valence-electron chi connectivity index (χ3n) is 4.86. The number of nitrogen functional groups attached to an aromatic ring is 1. The molecule has 0 amide bonds. The Morgan fingerprint density at radius 2 is 1.68 bits per heavy atom. The van der Waals surface area contributed by atoms with Crippen LogP contribution in [0.25, 0.3) is 0 Å². The molecule has 0 radical (unpaired) electrons. The highest BCUT2D eigenvalue weighted by Crippen LogP contribution is 2.23. The van der Waals surface area contributed by atoms with Crippen molar-refractivity contribution in [3.63, 3.8) is 0 Å². The van der Waals surface area contributed by atoms with Crippen LogP contribution in [0.3, 0.4) is 0 Å². The van der Waals surface area contributed by atoms with Crippen molar-refractivity contribution < 1.29 is 14.6 Å². The Bertz CT molecular complexity index is 1140. The van der Waals surface area contributed by atoms with Crippen LogP contribution in [0.2, 0.25) is 0 Å². The van der Waals surface area contributed by atoms with E-state index in [1.54, 1.807) is 30.9 Å². The van der Waals surface area contributed by atoms with E-state index >= 15 is 0 Å². The van der Waals surface area contributed by atoms with Crippen molar-refractivity contribution >= 4 is 11.8 Å². The average Bonchev–Trinajstić information content (AvgIpc) is 3.23. The van der Waals surface area contributed by atoms with Gasteiger partial charge in [0.1, 0.15) is 23.2 Å². The number of carboxylic acids is 1. The first-order valence-corrected chi connectivity index (χ1v) is 9.83. The molecule has 4 aromatic rings.